The Kier molecular flexibility index (Phi) is 2.86. The first-order valence-electron chi connectivity index (χ1n) is 3.46. The number of aliphatic hydroxyl groups excluding tert-OH is 1. The zero-order valence-corrected chi connectivity index (χ0v) is 6.12. The molecule has 0 aromatic rings. The summed E-state index contributed by atoms with van der Waals surface area (Å²) < 4.78 is 4.40. The van der Waals surface area contributed by atoms with Gasteiger partial charge in [0, 0.05) is 5.57 Å². The van der Waals surface area contributed by atoms with Gasteiger partial charge in [-0.3, -0.25) is 0 Å². The summed E-state index contributed by atoms with van der Waals surface area (Å²) in [5, 5.41) is 8.28. The van der Waals surface area contributed by atoms with E-state index < -0.39 is 12.8 Å². The van der Waals surface area contributed by atoms with E-state index in [9.17, 15) is 4.79 Å². The molecule has 1 N–H and O–H groups in total. The molecule has 0 bridgehead atoms. The third kappa shape index (κ3) is 2.20. The van der Waals surface area contributed by atoms with Crippen molar-refractivity contribution in [3.63, 3.8) is 0 Å². The van der Waals surface area contributed by atoms with Crippen molar-refractivity contribution >= 4 is 5.97 Å². The fourth-order valence-corrected chi connectivity index (χ4v) is 0.918. The molecule has 11 heavy (non-hydrogen) atoms. The van der Waals surface area contributed by atoms with Crippen LogP contribution in [0.2, 0.25) is 0 Å². The Balaban J connectivity index is 2.46. The SMILES string of the molecule is O=C(OCO)C1=CCC=CC1. The van der Waals surface area contributed by atoms with Gasteiger partial charge in [0.05, 0.1) is 0 Å². The number of hydrogen-bond acceptors (Lipinski definition) is 3. The van der Waals surface area contributed by atoms with Crippen molar-refractivity contribution in [1.82, 2.24) is 0 Å². The lowest BCUT2D eigenvalue weighted by Crippen LogP contribution is -2.09. The molecule has 0 aromatic carbocycles. The average Bonchev–Trinajstić information content (AvgIpc) is 2.07. The molecule has 60 valence electrons. The van der Waals surface area contributed by atoms with Gasteiger partial charge in [0.15, 0.2) is 6.79 Å². The standard InChI is InChI=1S/C8H10O3/c9-6-11-8(10)7-4-2-1-3-5-7/h1-2,5,9H,3-4,6H2. The van der Waals surface area contributed by atoms with Gasteiger partial charge in [0.2, 0.25) is 0 Å². The second-order valence-electron chi connectivity index (χ2n) is 2.20. The summed E-state index contributed by atoms with van der Waals surface area (Å²) in [4.78, 5) is 10.9. The van der Waals surface area contributed by atoms with E-state index in [1.165, 1.54) is 0 Å². The highest BCUT2D eigenvalue weighted by Crippen LogP contribution is 2.11. The molecule has 0 aliphatic heterocycles. The van der Waals surface area contributed by atoms with Gasteiger partial charge in [-0.2, -0.15) is 0 Å². The van der Waals surface area contributed by atoms with Crippen LogP contribution in [0.1, 0.15) is 12.8 Å². The maximum absolute atomic E-state index is 10.9. The van der Waals surface area contributed by atoms with Crippen LogP contribution in [0.25, 0.3) is 0 Å². The number of carbonyl (C=O) groups excluding carboxylic acids is 1. The van der Waals surface area contributed by atoms with Crippen LogP contribution in [-0.4, -0.2) is 17.9 Å². The molecular formula is C8H10O3. The molecular weight excluding hydrogens is 144 g/mol. The van der Waals surface area contributed by atoms with E-state index in [1.807, 2.05) is 12.2 Å². The summed E-state index contributed by atoms with van der Waals surface area (Å²) >= 11 is 0. The van der Waals surface area contributed by atoms with Crippen molar-refractivity contribution in [3.8, 4) is 0 Å². The van der Waals surface area contributed by atoms with Crippen LogP contribution >= 0.6 is 0 Å². The molecule has 1 aliphatic rings. The number of carbonyl (C=O) groups is 1. The van der Waals surface area contributed by atoms with Gasteiger partial charge < -0.3 is 9.84 Å². The Morgan fingerprint density at radius 3 is 3.00 bits per heavy atom. The summed E-state index contributed by atoms with van der Waals surface area (Å²) in [6.07, 6.45) is 7.08. The molecule has 0 amide bonds. The Morgan fingerprint density at radius 1 is 1.64 bits per heavy atom. The van der Waals surface area contributed by atoms with Crippen LogP contribution in [0.4, 0.5) is 0 Å². The highest BCUT2D eigenvalue weighted by atomic mass is 16.6. The van der Waals surface area contributed by atoms with Crippen LogP contribution in [0.5, 0.6) is 0 Å². The van der Waals surface area contributed by atoms with Gasteiger partial charge in [-0.1, -0.05) is 18.2 Å². The first-order chi connectivity index (χ1) is 5.34. The minimum Gasteiger partial charge on any atom is -0.435 e. The van der Waals surface area contributed by atoms with Gasteiger partial charge in [0.1, 0.15) is 0 Å². The maximum atomic E-state index is 10.9. The highest BCUT2D eigenvalue weighted by Gasteiger charge is 2.09. The second-order valence-corrected chi connectivity index (χ2v) is 2.20. The molecule has 0 radical (unpaired) electrons. The molecule has 0 saturated carbocycles. The van der Waals surface area contributed by atoms with Gasteiger partial charge in [0.25, 0.3) is 0 Å². The number of esters is 1. The summed E-state index contributed by atoms with van der Waals surface area (Å²) in [6, 6.07) is 0. The van der Waals surface area contributed by atoms with Gasteiger partial charge in [-0.05, 0) is 12.8 Å². The highest BCUT2D eigenvalue weighted by molar-refractivity contribution is 5.88. The molecule has 0 unspecified atom stereocenters. The van der Waals surface area contributed by atoms with E-state index in [4.69, 9.17) is 5.11 Å². The number of ether oxygens (including phenoxy) is 1. The summed E-state index contributed by atoms with van der Waals surface area (Å²) in [5.74, 6) is -0.420. The van der Waals surface area contributed by atoms with E-state index in [0.29, 0.717) is 12.0 Å². The zero-order chi connectivity index (χ0) is 8.10. The van der Waals surface area contributed by atoms with Crippen LogP contribution in [0, 0.1) is 0 Å². The van der Waals surface area contributed by atoms with Gasteiger partial charge >= 0.3 is 5.97 Å². The van der Waals surface area contributed by atoms with Crippen LogP contribution in [-0.2, 0) is 9.53 Å². The fraction of sp³-hybridized carbons (Fsp3) is 0.375. The number of allylic oxidation sites excluding steroid dienone is 3. The minimum atomic E-state index is -0.542. The zero-order valence-electron chi connectivity index (χ0n) is 6.12. The third-order valence-electron chi connectivity index (χ3n) is 1.46. The van der Waals surface area contributed by atoms with Crippen LogP contribution in [0.15, 0.2) is 23.8 Å². The van der Waals surface area contributed by atoms with Crippen molar-refractivity contribution < 1.29 is 14.6 Å². The predicted molar refractivity (Wildman–Crippen MR) is 39.6 cm³/mol. The van der Waals surface area contributed by atoms with E-state index in [1.54, 1.807) is 6.08 Å². The summed E-state index contributed by atoms with van der Waals surface area (Å²) in [7, 11) is 0. The van der Waals surface area contributed by atoms with Gasteiger partial charge in [-0.15, -0.1) is 0 Å². The molecule has 0 saturated heterocycles. The molecule has 1 aliphatic carbocycles. The van der Waals surface area contributed by atoms with Crippen molar-refractivity contribution in [2.24, 2.45) is 0 Å². The second kappa shape index (κ2) is 3.93. The lowest BCUT2D eigenvalue weighted by Gasteiger charge is -2.05. The van der Waals surface area contributed by atoms with E-state index in [2.05, 4.69) is 4.74 Å². The molecule has 0 spiro atoms. The Hall–Kier alpha value is -1.09. The fourth-order valence-electron chi connectivity index (χ4n) is 0.918. The number of aliphatic hydroxyl groups is 1. The number of rotatable bonds is 2. The number of hydrogen-bond donors (Lipinski definition) is 1. The largest absolute Gasteiger partial charge is 0.435 e. The van der Waals surface area contributed by atoms with Gasteiger partial charge in [-0.25, -0.2) is 4.79 Å². The predicted octanol–water partition coefficient (Wildman–Crippen LogP) is 0.756. The smallest absolute Gasteiger partial charge is 0.336 e. The summed E-state index contributed by atoms with van der Waals surface area (Å²) in [5.41, 5.74) is 0.626. The van der Waals surface area contributed by atoms with E-state index in [0.717, 1.165) is 6.42 Å². The Bertz CT molecular complexity index is 203. The van der Waals surface area contributed by atoms with Crippen molar-refractivity contribution in [1.29, 1.82) is 0 Å². The summed E-state index contributed by atoms with van der Waals surface area (Å²) in [6.45, 7) is -0.542. The minimum absolute atomic E-state index is 0.420. The van der Waals surface area contributed by atoms with Crippen molar-refractivity contribution in [3.05, 3.63) is 23.8 Å². The molecule has 0 fully saturated rings. The van der Waals surface area contributed by atoms with E-state index >= 15 is 0 Å². The van der Waals surface area contributed by atoms with Crippen LogP contribution in [0.3, 0.4) is 0 Å². The van der Waals surface area contributed by atoms with E-state index in [-0.39, 0.29) is 0 Å². The topological polar surface area (TPSA) is 46.5 Å². The molecule has 0 atom stereocenters. The third-order valence-corrected chi connectivity index (χ3v) is 1.46. The van der Waals surface area contributed by atoms with Crippen molar-refractivity contribution in [2.75, 3.05) is 6.79 Å². The monoisotopic (exact) mass is 154 g/mol. The Morgan fingerprint density at radius 2 is 2.45 bits per heavy atom. The maximum Gasteiger partial charge on any atom is 0.336 e. The lowest BCUT2D eigenvalue weighted by atomic mass is 10.1. The molecule has 0 aromatic heterocycles. The van der Waals surface area contributed by atoms with Crippen LogP contribution < -0.4 is 0 Å². The quantitative estimate of drug-likeness (QED) is 0.363. The first-order valence-corrected chi connectivity index (χ1v) is 3.46. The first kappa shape index (κ1) is 8.01. The normalized spacial score (nSPS) is 15.9. The average molecular weight is 154 g/mol. The molecule has 3 heteroatoms. The molecule has 3 nitrogen and oxygen atoms in total. The van der Waals surface area contributed by atoms with Crippen molar-refractivity contribution in [2.45, 2.75) is 12.8 Å². The lowest BCUT2D eigenvalue weighted by molar-refractivity contribution is -0.147. The molecule has 0 heterocycles. The molecule has 1 rings (SSSR count). The Labute approximate surface area is 65.0 Å².